The molecule has 1 aromatic carbocycles. The molecular weight excluding hydrogens is 236 g/mol. The molecule has 0 N–H and O–H groups in total. The van der Waals surface area contributed by atoms with Crippen LogP contribution in [0.15, 0.2) is 24.3 Å². The van der Waals surface area contributed by atoms with E-state index in [0.717, 1.165) is 12.3 Å². The molecule has 1 aliphatic carbocycles. The molecule has 0 aromatic heterocycles. The van der Waals surface area contributed by atoms with Gasteiger partial charge in [-0.05, 0) is 50.8 Å². The number of hydrogen-bond donors (Lipinski definition) is 0. The summed E-state index contributed by atoms with van der Waals surface area (Å²) in [6, 6.07) is 7.91. The minimum absolute atomic E-state index is 0.236. The van der Waals surface area contributed by atoms with E-state index in [1.54, 1.807) is 0 Å². The van der Waals surface area contributed by atoms with Crippen LogP contribution in [0.1, 0.15) is 62.4 Å². The first kappa shape index (κ1) is 14.1. The molecule has 19 heavy (non-hydrogen) atoms. The van der Waals surface area contributed by atoms with Gasteiger partial charge in [0.25, 0.3) is 0 Å². The molecule has 0 atom stereocenters. The third kappa shape index (κ3) is 4.38. The molecular formula is C17H24O2. The van der Waals surface area contributed by atoms with Gasteiger partial charge in [0.2, 0.25) is 0 Å². The Balaban J connectivity index is 1.95. The molecule has 1 fully saturated rings. The second-order valence-electron chi connectivity index (χ2n) is 6.55. The Morgan fingerprint density at radius 1 is 1.16 bits per heavy atom. The number of hydrogen-bond acceptors (Lipinski definition) is 2. The number of rotatable bonds is 3. The maximum absolute atomic E-state index is 11.9. The third-order valence-corrected chi connectivity index (χ3v) is 3.59. The molecule has 1 aromatic rings. The van der Waals surface area contributed by atoms with Crippen LogP contribution < -0.4 is 0 Å². The average molecular weight is 260 g/mol. The summed E-state index contributed by atoms with van der Waals surface area (Å²) < 4.78 is 5.36. The zero-order chi connectivity index (χ0) is 13.9. The maximum Gasteiger partial charge on any atom is 0.338 e. The van der Waals surface area contributed by atoms with Crippen LogP contribution in [0.4, 0.5) is 0 Å². The SMILES string of the molecule is CC(C)(C)OC(=O)c1ccc(CC2CCCC2)cc1. The summed E-state index contributed by atoms with van der Waals surface area (Å²) in [7, 11) is 0. The highest BCUT2D eigenvalue weighted by atomic mass is 16.6. The minimum Gasteiger partial charge on any atom is -0.456 e. The number of carbonyl (C=O) groups excluding carboxylic acids is 1. The van der Waals surface area contributed by atoms with Gasteiger partial charge in [0.05, 0.1) is 5.56 Å². The molecule has 1 saturated carbocycles. The quantitative estimate of drug-likeness (QED) is 0.754. The number of carbonyl (C=O) groups is 1. The third-order valence-electron chi connectivity index (χ3n) is 3.59. The predicted molar refractivity (Wildman–Crippen MR) is 77.3 cm³/mol. The highest BCUT2D eigenvalue weighted by Gasteiger charge is 2.18. The summed E-state index contributed by atoms with van der Waals surface area (Å²) in [6.45, 7) is 5.66. The molecule has 0 radical (unpaired) electrons. The van der Waals surface area contributed by atoms with Crippen LogP contribution in [-0.4, -0.2) is 11.6 Å². The van der Waals surface area contributed by atoms with Gasteiger partial charge in [-0.1, -0.05) is 37.8 Å². The van der Waals surface area contributed by atoms with Crippen molar-refractivity contribution in [3.8, 4) is 0 Å². The van der Waals surface area contributed by atoms with Crippen LogP contribution in [0.25, 0.3) is 0 Å². The van der Waals surface area contributed by atoms with Gasteiger partial charge in [-0.2, -0.15) is 0 Å². The van der Waals surface area contributed by atoms with Crippen molar-refractivity contribution in [2.45, 2.75) is 58.5 Å². The van der Waals surface area contributed by atoms with E-state index in [1.807, 2.05) is 32.9 Å². The van der Waals surface area contributed by atoms with Crippen LogP contribution >= 0.6 is 0 Å². The van der Waals surface area contributed by atoms with Gasteiger partial charge in [0.1, 0.15) is 5.60 Å². The second-order valence-corrected chi connectivity index (χ2v) is 6.55. The first-order chi connectivity index (χ1) is 8.94. The van der Waals surface area contributed by atoms with Crippen LogP contribution in [-0.2, 0) is 11.2 Å². The maximum atomic E-state index is 11.9. The van der Waals surface area contributed by atoms with E-state index in [2.05, 4.69) is 12.1 Å². The van der Waals surface area contributed by atoms with Crippen molar-refractivity contribution >= 4 is 5.97 Å². The van der Waals surface area contributed by atoms with Gasteiger partial charge in [0.15, 0.2) is 0 Å². The Bertz CT molecular complexity index is 420. The predicted octanol–water partition coefficient (Wildman–Crippen LogP) is 4.37. The zero-order valence-electron chi connectivity index (χ0n) is 12.2. The molecule has 0 saturated heterocycles. The summed E-state index contributed by atoms with van der Waals surface area (Å²) in [6.07, 6.45) is 6.61. The highest BCUT2D eigenvalue weighted by Crippen LogP contribution is 2.28. The van der Waals surface area contributed by atoms with Crippen LogP contribution in [0.3, 0.4) is 0 Å². The van der Waals surface area contributed by atoms with Crippen LogP contribution in [0.5, 0.6) is 0 Å². The monoisotopic (exact) mass is 260 g/mol. The molecule has 0 unspecified atom stereocenters. The smallest absolute Gasteiger partial charge is 0.338 e. The summed E-state index contributed by atoms with van der Waals surface area (Å²) in [5, 5.41) is 0. The van der Waals surface area contributed by atoms with Crippen molar-refractivity contribution in [3.63, 3.8) is 0 Å². The fourth-order valence-corrected chi connectivity index (χ4v) is 2.66. The fourth-order valence-electron chi connectivity index (χ4n) is 2.66. The number of benzene rings is 1. The molecule has 0 spiro atoms. The Morgan fingerprint density at radius 3 is 2.26 bits per heavy atom. The Hall–Kier alpha value is -1.31. The molecule has 104 valence electrons. The Morgan fingerprint density at radius 2 is 1.74 bits per heavy atom. The molecule has 0 aliphatic heterocycles. The van der Waals surface area contributed by atoms with Crippen molar-refractivity contribution in [1.29, 1.82) is 0 Å². The molecule has 2 rings (SSSR count). The van der Waals surface area contributed by atoms with Gasteiger partial charge in [-0.25, -0.2) is 4.79 Å². The molecule has 0 bridgehead atoms. The van der Waals surface area contributed by atoms with E-state index >= 15 is 0 Å². The van der Waals surface area contributed by atoms with Crippen molar-refractivity contribution in [2.75, 3.05) is 0 Å². The van der Waals surface area contributed by atoms with Crippen molar-refractivity contribution in [3.05, 3.63) is 35.4 Å². The number of ether oxygens (including phenoxy) is 1. The second kappa shape index (κ2) is 5.77. The lowest BCUT2D eigenvalue weighted by Crippen LogP contribution is -2.23. The van der Waals surface area contributed by atoms with E-state index in [9.17, 15) is 4.79 Å². The average Bonchev–Trinajstić information content (AvgIpc) is 2.80. The van der Waals surface area contributed by atoms with Crippen molar-refractivity contribution in [2.24, 2.45) is 5.92 Å². The lowest BCUT2D eigenvalue weighted by Gasteiger charge is -2.19. The lowest BCUT2D eigenvalue weighted by molar-refractivity contribution is 0.00695. The Labute approximate surface area is 116 Å². The zero-order valence-corrected chi connectivity index (χ0v) is 12.2. The van der Waals surface area contributed by atoms with E-state index in [0.29, 0.717) is 5.56 Å². The minimum atomic E-state index is -0.431. The largest absolute Gasteiger partial charge is 0.456 e. The van der Waals surface area contributed by atoms with Gasteiger partial charge < -0.3 is 4.74 Å². The van der Waals surface area contributed by atoms with E-state index in [-0.39, 0.29) is 5.97 Å². The first-order valence-electron chi connectivity index (χ1n) is 7.26. The summed E-state index contributed by atoms with van der Waals surface area (Å²) in [4.78, 5) is 11.9. The first-order valence-corrected chi connectivity index (χ1v) is 7.26. The molecule has 1 aliphatic rings. The summed E-state index contributed by atoms with van der Waals surface area (Å²) in [5.74, 6) is 0.604. The van der Waals surface area contributed by atoms with Crippen molar-refractivity contribution < 1.29 is 9.53 Å². The molecule has 0 heterocycles. The van der Waals surface area contributed by atoms with Gasteiger partial charge in [-0.3, -0.25) is 0 Å². The normalized spacial score (nSPS) is 16.6. The lowest BCUT2D eigenvalue weighted by atomic mass is 9.97. The number of esters is 1. The summed E-state index contributed by atoms with van der Waals surface area (Å²) in [5.41, 5.74) is 1.55. The van der Waals surface area contributed by atoms with Crippen molar-refractivity contribution in [1.82, 2.24) is 0 Å². The van der Waals surface area contributed by atoms with Crippen LogP contribution in [0, 0.1) is 5.92 Å². The van der Waals surface area contributed by atoms with E-state index in [1.165, 1.54) is 31.2 Å². The van der Waals surface area contributed by atoms with E-state index in [4.69, 9.17) is 4.74 Å². The molecule has 2 heteroatoms. The van der Waals surface area contributed by atoms with E-state index < -0.39 is 5.60 Å². The van der Waals surface area contributed by atoms with Gasteiger partial charge in [-0.15, -0.1) is 0 Å². The summed E-state index contributed by atoms with van der Waals surface area (Å²) >= 11 is 0. The standard InChI is InChI=1S/C17H24O2/c1-17(2,3)19-16(18)15-10-8-14(9-11-15)12-13-6-4-5-7-13/h8-11,13H,4-7,12H2,1-3H3. The van der Waals surface area contributed by atoms with Crippen LogP contribution in [0.2, 0.25) is 0 Å². The molecule has 2 nitrogen and oxygen atoms in total. The Kier molecular flexibility index (Phi) is 4.28. The highest BCUT2D eigenvalue weighted by molar-refractivity contribution is 5.89. The van der Waals surface area contributed by atoms with Gasteiger partial charge in [0, 0.05) is 0 Å². The topological polar surface area (TPSA) is 26.3 Å². The molecule has 0 amide bonds. The fraction of sp³-hybridized carbons (Fsp3) is 0.588. The van der Waals surface area contributed by atoms with Gasteiger partial charge >= 0.3 is 5.97 Å².